The molecule has 0 aliphatic rings. The van der Waals surface area contributed by atoms with Gasteiger partial charge in [-0.3, -0.25) is 0 Å². The second kappa shape index (κ2) is 4.35. The molecule has 72 valence electrons. The summed E-state index contributed by atoms with van der Waals surface area (Å²) in [4.78, 5) is 0. The fourth-order valence-electron chi connectivity index (χ4n) is 1.28. The average molecular weight is 183 g/mol. The van der Waals surface area contributed by atoms with E-state index in [0.717, 1.165) is 11.1 Å². The molecule has 0 saturated heterocycles. The fraction of sp³-hybridized carbons (Fsp3) is 0.400. The van der Waals surface area contributed by atoms with Crippen LogP contribution >= 0.6 is 0 Å². The molecule has 0 radical (unpaired) electrons. The lowest BCUT2D eigenvalue weighted by atomic mass is 10.0. The van der Waals surface area contributed by atoms with Crippen LogP contribution in [-0.2, 0) is 0 Å². The van der Waals surface area contributed by atoms with Crippen LogP contribution in [0, 0.1) is 12.7 Å². The number of benzene rings is 1. The number of aryl methyl sites for hydroxylation is 1. The minimum Gasteiger partial charge on any atom is -0.396 e. The van der Waals surface area contributed by atoms with E-state index in [4.69, 9.17) is 10.8 Å². The third-order valence-electron chi connectivity index (χ3n) is 1.93. The van der Waals surface area contributed by atoms with Crippen molar-refractivity contribution in [2.75, 3.05) is 6.61 Å². The molecule has 13 heavy (non-hydrogen) atoms. The summed E-state index contributed by atoms with van der Waals surface area (Å²) >= 11 is 0. The van der Waals surface area contributed by atoms with Crippen molar-refractivity contribution in [1.29, 1.82) is 0 Å². The summed E-state index contributed by atoms with van der Waals surface area (Å²) in [5.74, 6) is -0.275. The van der Waals surface area contributed by atoms with Crippen LogP contribution in [0.2, 0.25) is 0 Å². The van der Waals surface area contributed by atoms with Crippen LogP contribution in [0.15, 0.2) is 18.2 Å². The molecule has 0 aliphatic heterocycles. The zero-order valence-electron chi connectivity index (χ0n) is 7.63. The molecule has 0 amide bonds. The molecule has 1 aromatic rings. The number of aliphatic hydroxyl groups is 1. The molecule has 0 bridgehead atoms. The van der Waals surface area contributed by atoms with Crippen LogP contribution < -0.4 is 5.73 Å². The van der Waals surface area contributed by atoms with Crippen molar-refractivity contribution in [3.63, 3.8) is 0 Å². The molecule has 0 unspecified atom stereocenters. The molecule has 1 rings (SSSR count). The molecule has 0 aliphatic carbocycles. The van der Waals surface area contributed by atoms with E-state index in [1.165, 1.54) is 12.1 Å². The maximum Gasteiger partial charge on any atom is 0.123 e. The first kappa shape index (κ1) is 10.2. The zero-order valence-corrected chi connectivity index (χ0v) is 7.63. The Hall–Kier alpha value is -0.930. The smallest absolute Gasteiger partial charge is 0.123 e. The predicted molar refractivity (Wildman–Crippen MR) is 49.8 cm³/mol. The molecular weight excluding hydrogens is 169 g/mol. The van der Waals surface area contributed by atoms with Gasteiger partial charge in [-0.25, -0.2) is 4.39 Å². The van der Waals surface area contributed by atoms with Gasteiger partial charge >= 0.3 is 0 Å². The normalized spacial score (nSPS) is 12.9. The number of halogens is 1. The van der Waals surface area contributed by atoms with Crippen LogP contribution in [0.5, 0.6) is 0 Å². The molecule has 2 nitrogen and oxygen atoms in total. The number of hydrogen-bond donors (Lipinski definition) is 2. The van der Waals surface area contributed by atoms with Gasteiger partial charge in [-0.2, -0.15) is 0 Å². The maximum absolute atomic E-state index is 12.9. The van der Waals surface area contributed by atoms with Gasteiger partial charge in [0.2, 0.25) is 0 Å². The van der Waals surface area contributed by atoms with Gasteiger partial charge in [0.1, 0.15) is 5.82 Å². The van der Waals surface area contributed by atoms with Crippen molar-refractivity contribution in [2.45, 2.75) is 19.4 Å². The molecule has 0 spiro atoms. The topological polar surface area (TPSA) is 46.2 Å². The Labute approximate surface area is 77.2 Å². The molecular formula is C10H14FNO. The van der Waals surface area contributed by atoms with Crippen LogP contribution in [0.25, 0.3) is 0 Å². The van der Waals surface area contributed by atoms with E-state index in [2.05, 4.69) is 0 Å². The first-order chi connectivity index (χ1) is 6.13. The van der Waals surface area contributed by atoms with Gasteiger partial charge in [-0.1, -0.05) is 6.07 Å². The van der Waals surface area contributed by atoms with Gasteiger partial charge < -0.3 is 10.8 Å². The Morgan fingerprint density at radius 3 is 2.69 bits per heavy atom. The monoisotopic (exact) mass is 183 g/mol. The van der Waals surface area contributed by atoms with Crippen molar-refractivity contribution in [3.05, 3.63) is 35.1 Å². The number of rotatable bonds is 3. The van der Waals surface area contributed by atoms with Crippen molar-refractivity contribution in [1.82, 2.24) is 0 Å². The Morgan fingerprint density at radius 2 is 2.15 bits per heavy atom. The van der Waals surface area contributed by atoms with Gasteiger partial charge in [0, 0.05) is 12.6 Å². The minimum absolute atomic E-state index is 0.0245. The lowest BCUT2D eigenvalue weighted by Gasteiger charge is -2.10. The van der Waals surface area contributed by atoms with E-state index in [1.54, 1.807) is 0 Å². The molecule has 1 atom stereocenters. The van der Waals surface area contributed by atoms with Crippen LogP contribution in [0.1, 0.15) is 23.6 Å². The number of hydrogen-bond acceptors (Lipinski definition) is 2. The summed E-state index contributed by atoms with van der Waals surface area (Å²) in [7, 11) is 0. The van der Waals surface area contributed by atoms with Gasteiger partial charge in [0.15, 0.2) is 0 Å². The standard InChI is InChI=1S/C10H14FNO/c1-7-4-8(6-9(11)5-7)10(12)2-3-13/h4-6,10,13H,2-3,12H2,1H3/t10-/m0/s1. The average Bonchev–Trinajstić information content (AvgIpc) is 2.03. The van der Waals surface area contributed by atoms with E-state index in [9.17, 15) is 4.39 Å². The fourth-order valence-corrected chi connectivity index (χ4v) is 1.28. The number of nitrogens with two attached hydrogens (primary N) is 1. The van der Waals surface area contributed by atoms with Crippen LogP contribution in [0.3, 0.4) is 0 Å². The van der Waals surface area contributed by atoms with Crippen LogP contribution in [0.4, 0.5) is 4.39 Å². The Kier molecular flexibility index (Phi) is 3.39. The van der Waals surface area contributed by atoms with E-state index in [1.807, 2.05) is 13.0 Å². The van der Waals surface area contributed by atoms with E-state index in [0.29, 0.717) is 6.42 Å². The SMILES string of the molecule is Cc1cc(F)cc([C@@H](N)CCO)c1. The van der Waals surface area contributed by atoms with E-state index < -0.39 is 0 Å². The van der Waals surface area contributed by atoms with Gasteiger partial charge in [-0.05, 0) is 36.6 Å². The summed E-state index contributed by atoms with van der Waals surface area (Å²) < 4.78 is 12.9. The second-order valence-corrected chi connectivity index (χ2v) is 3.18. The molecule has 3 heteroatoms. The third-order valence-corrected chi connectivity index (χ3v) is 1.93. The van der Waals surface area contributed by atoms with Gasteiger partial charge in [0.25, 0.3) is 0 Å². The van der Waals surface area contributed by atoms with Gasteiger partial charge in [0.05, 0.1) is 0 Å². The number of aliphatic hydroxyl groups excluding tert-OH is 1. The van der Waals surface area contributed by atoms with Crippen molar-refractivity contribution in [2.24, 2.45) is 5.73 Å². The summed E-state index contributed by atoms with van der Waals surface area (Å²) in [6, 6.07) is 4.42. The van der Waals surface area contributed by atoms with E-state index in [-0.39, 0.29) is 18.5 Å². The first-order valence-electron chi connectivity index (χ1n) is 4.27. The Morgan fingerprint density at radius 1 is 1.46 bits per heavy atom. The highest BCUT2D eigenvalue weighted by molar-refractivity contribution is 5.25. The van der Waals surface area contributed by atoms with Crippen LogP contribution in [-0.4, -0.2) is 11.7 Å². The molecule has 3 N–H and O–H groups in total. The molecule has 0 saturated carbocycles. The third kappa shape index (κ3) is 2.79. The molecule has 0 heterocycles. The second-order valence-electron chi connectivity index (χ2n) is 3.18. The molecule has 0 aromatic heterocycles. The molecule has 0 fully saturated rings. The highest BCUT2D eigenvalue weighted by Crippen LogP contribution is 2.16. The summed E-state index contributed by atoms with van der Waals surface area (Å²) in [6.07, 6.45) is 0.461. The maximum atomic E-state index is 12.9. The lowest BCUT2D eigenvalue weighted by molar-refractivity contribution is 0.276. The Balaban J connectivity index is 2.87. The Bertz CT molecular complexity index is 268. The van der Waals surface area contributed by atoms with Gasteiger partial charge in [-0.15, -0.1) is 0 Å². The predicted octanol–water partition coefficient (Wildman–Crippen LogP) is 1.52. The summed E-state index contributed by atoms with van der Waals surface area (Å²) in [5.41, 5.74) is 7.31. The quantitative estimate of drug-likeness (QED) is 0.746. The van der Waals surface area contributed by atoms with Crippen molar-refractivity contribution >= 4 is 0 Å². The largest absolute Gasteiger partial charge is 0.396 e. The summed E-state index contributed by atoms with van der Waals surface area (Å²) in [5, 5.41) is 8.66. The zero-order chi connectivity index (χ0) is 9.84. The van der Waals surface area contributed by atoms with Crippen molar-refractivity contribution < 1.29 is 9.50 Å². The minimum atomic E-state index is -0.278. The molecule has 1 aromatic carbocycles. The van der Waals surface area contributed by atoms with Crippen molar-refractivity contribution in [3.8, 4) is 0 Å². The highest BCUT2D eigenvalue weighted by atomic mass is 19.1. The first-order valence-corrected chi connectivity index (χ1v) is 4.27. The summed E-state index contributed by atoms with van der Waals surface area (Å²) in [6.45, 7) is 1.84. The lowest BCUT2D eigenvalue weighted by Crippen LogP contribution is -2.12. The highest BCUT2D eigenvalue weighted by Gasteiger charge is 2.06. The van der Waals surface area contributed by atoms with E-state index >= 15 is 0 Å².